The quantitative estimate of drug-likeness (QED) is 0.542. The molecular weight excluding hydrogens is 128 g/mol. The normalized spacial score (nSPS) is 46.1. The van der Waals surface area contributed by atoms with E-state index in [0.717, 1.165) is 25.7 Å². The van der Waals surface area contributed by atoms with E-state index in [1.165, 1.54) is 0 Å². The lowest BCUT2D eigenvalue weighted by atomic mass is 9.61. The van der Waals surface area contributed by atoms with Crippen molar-refractivity contribution in [1.82, 2.24) is 0 Å². The third-order valence-electron chi connectivity index (χ3n) is 2.87. The summed E-state index contributed by atoms with van der Waals surface area (Å²) in [7, 11) is 0. The maximum atomic E-state index is 10.9. The third kappa shape index (κ3) is 0.655. The lowest BCUT2D eigenvalue weighted by Gasteiger charge is -2.47. The van der Waals surface area contributed by atoms with Crippen molar-refractivity contribution >= 4 is 5.78 Å². The summed E-state index contributed by atoms with van der Waals surface area (Å²) in [5.74, 6) is 0.295. The van der Waals surface area contributed by atoms with Crippen LogP contribution in [-0.4, -0.2) is 16.5 Å². The zero-order chi connectivity index (χ0) is 7.19. The maximum absolute atomic E-state index is 10.9. The minimum atomic E-state index is -0.560. The Morgan fingerprint density at radius 3 is 2.80 bits per heavy atom. The number of Topliss-reactive ketones (excluding diaryl/α,β-unsaturated/α-hetero) is 1. The summed E-state index contributed by atoms with van der Waals surface area (Å²) in [5.41, 5.74) is -0.560. The van der Waals surface area contributed by atoms with Gasteiger partial charge in [0.05, 0.1) is 5.60 Å². The van der Waals surface area contributed by atoms with Crippen LogP contribution in [0.5, 0.6) is 0 Å². The second-order valence-corrected chi connectivity index (χ2v) is 3.55. The average molecular weight is 140 g/mol. The molecule has 0 aliphatic heterocycles. The molecule has 2 aliphatic carbocycles. The van der Waals surface area contributed by atoms with E-state index >= 15 is 0 Å². The monoisotopic (exact) mass is 140 g/mol. The van der Waals surface area contributed by atoms with Crippen LogP contribution in [0.15, 0.2) is 0 Å². The highest BCUT2D eigenvalue weighted by Gasteiger charge is 2.52. The molecule has 1 N–H and O–H groups in total. The maximum Gasteiger partial charge on any atom is 0.141 e. The van der Waals surface area contributed by atoms with E-state index in [1.807, 2.05) is 0 Å². The number of carbonyl (C=O) groups excluding carboxylic acids is 1. The van der Waals surface area contributed by atoms with Gasteiger partial charge >= 0.3 is 0 Å². The van der Waals surface area contributed by atoms with Gasteiger partial charge in [0.25, 0.3) is 0 Å². The summed E-state index contributed by atoms with van der Waals surface area (Å²) in [6.45, 7) is 0. The Hall–Kier alpha value is -0.370. The Labute approximate surface area is 60.2 Å². The van der Waals surface area contributed by atoms with Crippen molar-refractivity contribution in [2.24, 2.45) is 5.92 Å². The van der Waals surface area contributed by atoms with Gasteiger partial charge in [0.15, 0.2) is 0 Å². The van der Waals surface area contributed by atoms with Crippen molar-refractivity contribution in [2.75, 3.05) is 0 Å². The first-order valence-electron chi connectivity index (χ1n) is 3.97. The van der Waals surface area contributed by atoms with E-state index in [2.05, 4.69) is 0 Å². The van der Waals surface area contributed by atoms with Crippen LogP contribution in [0.2, 0.25) is 0 Å². The minimum absolute atomic E-state index is 0.0150. The average Bonchev–Trinajstić information content (AvgIpc) is 1.86. The Morgan fingerprint density at radius 2 is 2.30 bits per heavy atom. The molecule has 2 rings (SSSR count). The molecule has 10 heavy (non-hydrogen) atoms. The second kappa shape index (κ2) is 1.82. The molecule has 56 valence electrons. The summed E-state index contributed by atoms with van der Waals surface area (Å²) in [4.78, 5) is 10.9. The van der Waals surface area contributed by atoms with Gasteiger partial charge in [0.2, 0.25) is 0 Å². The van der Waals surface area contributed by atoms with Gasteiger partial charge in [-0.25, -0.2) is 0 Å². The van der Waals surface area contributed by atoms with Crippen LogP contribution < -0.4 is 0 Å². The summed E-state index contributed by atoms with van der Waals surface area (Å²) in [6.07, 6.45) is 4.43. The molecule has 0 aromatic rings. The minimum Gasteiger partial charge on any atom is -0.389 e. The van der Waals surface area contributed by atoms with E-state index in [1.54, 1.807) is 0 Å². The molecule has 0 amide bonds. The molecule has 2 aliphatic rings. The number of carbonyl (C=O) groups is 1. The lowest BCUT2D eigenvalue weighted by molar-refractivity contribution is -0.164. The number of hydrogen-bond donors (Lipinski definition) is 1. The molecule has 2 heteroatoms. The van der Waals surface area contributed by atoms with E-state index < -0.39 is 5.60 Å². The number of aliphatic hydroxyl groups is 1. The zero-order valence-corrected chi connectivity index (χ0v) is 5.97. The smallest absolute Gasteiger partial charge is 0.141 e. The standard InChI is InChI=1S/C8H12O2/c9-7-5-8(10)4-2-1-3-6(7)8/h6,10H,1-5H2. The number of ketones is 1. The molecule has 2 atom stereocenters. The topological polar surface area (TPSA) is 37.3 Å². The predicted octanol–water partition coefficient (Wildman–Crippen LogP) is 0.881. The first-order chi connectivity index (χ1) is 4.72. The van der Waals surface area contributed by atoms with Crippen molar-refractivity contribution in [1.29, 1.82) is 0 Å². The van der Waals surface area contributed by atoms with Crippen LogP contribution in [0.1, 0.15) is 32.1 Å². The number of hydrogen-bond acceptors (Lipinski definition) is 2. The summed E-state index contributed by atoms with van der Waals surface area (Å²) >= 11 is 0. The first-order valence-corrected chi connectivity index (χ1v) is 3.97. The molecule has 0 saturated heterocycles. The van der Waals surface area contributed by atoms with Crippen molar-refractivity contribution in [3.8, 4) is 0 Å². The molecule has 0 aromatic carbocycles. The lowest BCUT2D eigenvalue weighted by Crippen LogP contribution is -2.56. The van der Waals surface area contributed by atoms with Crippen molar-refractivity contribution in [2.45, 2.75) is 37.7 Å². The van der Waals surface area contributed by atoms with E-state index in [9.17, 15) is 9.90 Å². The fourth-order valence-electron chi connectivity index (χ4n) is 2.19. The van der Waals surface area contributed by atoms with Gasteiger partial charge in [0, 0.05) is 12.3 Å². The summed E-state index contributed by atoms with van der Waals surface area (Å²) in [5, 5.41) is 9.68. The highest BCUT2D eigenvalue weighted by molar-refractivity contribution is 5.90. The molecule has 0 aromatic heterocycles. The number of rotatable bonds is 0. The van der Waals surface area contributed by atoms with Gasteiger partial charge in [-0.1, -0.05) is 12.8 Å². The van der Waals surface area contributed by atoms with Gasteiger partial charge in [-0.05, 0) is 12.8 Å². The van der Waals surface area contributed by atoms with Gasteiger partial charge in [-0.2, -0.15) is 0 Å². The fourth-order valence-corrected chi connectivity index (χ4v) is 2.19. The van der Waals surface area contributed by atoms with E-state index in [4.69, 9.17) is 0 Å². The Morgan fingerprint density at radius 1 is 1.50 bits per heavy atom. The molecule has 0 spiro atoms. The van der Waals surface area contributed by atoms with Crippen molar-refractivity contribution in [3.05, 3.63) is 0 Å². The van der Waals surface area contributed by atoms with Crippen LogP contribution in [0.25, 0.3) is 0 Å². The molecular formula is C8H12O2. The van der Waals surface area contributed by atoms with Crippen LogP contribution in [0.3, 0.4) is 0 Å². The predicted molar refractivity (Wildman–Crippen MR) is 36.5 cm³/mol. The highest BCUT2D eigenvalue weighted by Crippen LogP contribution is 2.45. The molecule has 2 unspecified atom stereocenters. The SMILES string of the molecule is O=C1CC2(O)CCCCC12. The van der Waals surface area contributed by atoms with Crippen LogP contribution in [0, 0.1) is 5.92 Å². The summed E-state index contributed by atoms with van der Waals surface area (Å²) < 4.78 is 0. The van der Waals surface area contributed by atoms with E-state index in [-0.39, 0.29) is 11.7 Å². The molecule has 0 heterocycles. The molecule has 2 saturated carbocycles. The molecule has 0 bridgehead atoms. The second-order valence-electron chi connectivity index (χ2n) is 3.55. The Bertz CT molecular complexity index is 176. The summed E-state index contributed by atoms with van der Waals surface area (Å²) in [6, 6.07) is 0. The first kappa shape index (κ1) is 6.35. The van der Waals surface area contributed by atoms with Crippen LogP contribution in [-0.2, 0) is 4.79 Å². The van der Waals surface area contributed by atoms with Gasteiger partial charge in [-0.3, -0.25) is 4.79 Å². The largest absolute Gasteiger partial charge is 0.389 e. The van der Waals surface area contributed by atoms with Crippen molar-refractivity contribution < 1.29 is 9.90 Å². The number of fused-ring (bicyclic) bond motifs is 1. The molecule has 0 radical (unpaired) electrons. The molecule has 2 nitrogen and oxygen atoms in total. The van der Waals surface area contributed by atoms with Crippen LogP contribution >= 0.6 is 0 Å². The van der Waals surface area contributed by atoms with Crippen molar-refractivity contribution in [3.63, 3.8) is 0 Å². The zero-order valence-electron chi connectivity index (χ0n) is 5.97. The highest BCUT2D eigenvalue weighted by atomic mass is 16.3. The van der Waals surface area contributed by atoms with Crippen LogP contribution in [0.4, 0.5) is 0 Å². The Balaban J connectivity index is 2.13. The third-order valence-corrected chi connectivity index (χ3v) is 2.87. The van der Waals surface area contributed by atoms with Gasteiger partial charge in [-0.15, -0.1) is 0 Å². The molecule has 2 fully saturated rings. The van der Waals surface area contributed by atoms with Gasteiger partial charge in [0.1, 0.15) is 5.78 Å². The van der Waals surface area contributed by atoms with E-state index in [0.29, 0.717) is 6.42 Å². The van der Waals surface area contributed by atoms with Gasteiger partial charge < -0.3 is 5.11 Å². The fraction of sp³-hybridized carbons (Fsp3) is 0.875. The Kier molecular flexibility index (Phi) is 1.15.